The van der Waals surface area contributed by atoms with Crippen LogP contribution in [0.4, 0.5) is 0 Å². The third-order valence-corrected chi connectivity index (χ3v) is 6.79. The molecule has 0 bridgehead atoms. The van der Waals surface area contributed by atoms with Crippen molar-refractivity contribution in [2.45, 2.75) is 39.5 Å². The van der Waals surface area contributed by atoms with Gasteiger partial charge in [-0.25, -0.2) is 0 Å². The average Bonchev–Trinajstić information content (AvgIpc) is 2.69. The Morgan fingerprint density at radius 1 is 0.607 bits per heavy atom. The Kier molecular flexibility index (Phi) is 6.31. The first kappa shape index (κ1) is 20.3. The third-order valence-electron chi connectivity index (χ3n) is 4.72. The summed E-state index contributed by atoms with van der Waals surface area (Å²) in [7, 11) is -2.65. The second kappa shape index (κ2) is 8.71. The highest BCUT2D eigenvalue weighted by atomic mass is 31.2. The van der Waals surface area contributed by atoms with Crippen LogP contribution in [0, 0.1) is 0 Å². The molecule has 0 aromatic heterocycles. The summed E-state index contributed by atoms with van der Waals surface area (Å²) in [5.41, 5.74) is 2.32. The van der Waals surface area contributed by atoms with Gasteiger partial charge in [-0.15, -0.1) is 0 Å². The minimum atomic E-state index is -2.65. The quantitative estimate of drug-likeness (QED) is 0.403. The number of benzene rings is 3. The van der Waals surface area contributed by atoms with Crippen molar-refractivity contribution >= 4 is 18.9 Å². The van der Waals surface area contributed by atoms with E-state index in [4.69, 9.17) is 9.05 Å². The largest absolute Gasteiger partial charge is 0.440 e. The number of hydrogen-bond acceptors (Lipinski definition) is 2. The molecule has 0 aliphatic heterocycles. The van der Waals surface area contributed by atoms with Crippen LogP contribution in [0.2, 0.25) is 0 Å². The lowest BCUT2D eigenvalue weighted by Gasteiger charge is -2.29. The molecule has 0 atom stereocenters. The van der Waals surface area contributed by atoms with Crippen molar-refractivity contribution in [1.82, 2.24) is 0 Å². The number of para-hydroxylation sites is 2. The van der Waals surface area contributed by atoms with Crippen molar-refractivity contribution in [1.29, 1.82) is 0 Å². The predicted octanol–water partition coefficient (Wildman–Crippen LogP) is 7.00. The van der Waals surface area contributed by atoms with Gasteiger partial charge in [-0.1, -0.05) is 82.3 Å². The first-order valence-corrected chi connectivity index (χ1v) is 11.6. The lowest BCUT2D eigenvalue weighted by molar-refractivity contribution is 0.486. The van der Waals surface area contributed by atoms with E-state index in [9.17, 15) is 0 Å². The summed E-state index contributed by atoms with van der Waals surface area (Å²) >= 11 is 0. The molecule has 3 aromatic rings. The van der Waals surface area contributed by atoms with Gasteiger partial charge in [0, 0.05) is 5.30 Å². The fourth-order valence-corrected chi connectivity index (χ4v) is 5.02. The van der Waals surface area contributed by atoms with E-state index < -0.39 is 7.34 Å². The van der Waals surface area contributed by atoms with Crippen LogP contribution in [0.15, 0.2) is 78.9 Å². The molecule has 0 heterocycles. The van der Waals surface area contributed by atoms with E-state index in [0.29, 0.717) is 11.8 Å². The SMILES string of the molecule is C=P(Oc1ccccc1C(C)C)(Oc1ccccc1C(C)C)c1ccccc1. The van der Waals surface area contributed by atoms with Crippen LogP contribution in [-0.2, 0) is 0 Å². The molecule has 0 amide bonds. The first-order valence-electron chi connectivity index (χ1n) is 9.77. The first-order chi connectivity index (χ1) is 13.4. The van der Waals surface area contributed by atoms with Crippen LogP contribution in [0.25, 0.3) is 0 Å². The molecule has 2 nitrogen and oxygen atoms in total. The normalized spacial score (nSPS) is 11.6. The molecule has 3 heteroatoms. The Morgan fingerprint density at radius 3 is 1.43 bits per heavy atom. The van der Waals surface area contributed by atoms with Gasteiger partial charge < -0.3 is 9.05 Å². The van der Waals surface area contributed by atoms with Crippen LogP contribution in [0.3, 0.4) is 0 Å². The molecule has 0 radical (unpaired) electrons. The zero-order chi connectivity index (χ0) is 20.1. The molecule has 0 aliphatic carbocycles. The van der Waals surface area contributed by atoms with Gasteiger partial charge in [-0.2, -0.15) is 0 Å². The maximum atomic E-state index is 6.60. The molecule has 0 N–H and O–H groups in total. The molecule has 28 heavy (non-hydrogen) atoms. The van der Waals surface area contributed by atoms with E-state index in [-0.39, 0.29) is 0 Å². The maximum absolute atomic E-state index is 6.60. The Bertz CT molecular complexity index is 904. The lowest BCUT2D eigenvalue weighted by atomic mass is 10.0. The third kappa shape index (κ3) is 4.51. The van der Waals surface area contributed by atoms with Crippen molar-refractivity contribution in [3.63, 3.8) is 0 Å². The molecule has 3 rings (SSSR count). The summed E-state index contributed by atoms with van der Waals surface area (Å²) in [6.45, 7) is 8.68. The molecule has 0 fully saturated rings. The highest BCUT2D eigenvalue weighted by Gasteiger charge is 2.25. The topological polar surface area (TPSA) is 18.5 Å². The lowest BCUT2D eigenvalue weighted by Crippen LogP contribution is -2.16. The predicted molar refractivity (Wildman–Crippen MR) is 122 cm³/mol. The summed E-state index contributed by atoms with van der Waals surface area (Å²) in [5, 5.41) is 0.979. The monoisotopic (exact) mass is 392 g/mol. The van der Waals surface area contributed by atoms with E-state index in [1.807, 2.05) is 66.7 Å². The number of hydrogen-bond donors (Lipinski definition) is 0. The van der Waals surface area contributed by atoms with Gasteiger partial charge in [0.1, 0.15) is 11.5 Å². The smallest absolute Gasteiger partial charge is 0.245 e. The minimum Gasteiger partial charge on any atom is -0.440 e. The van der Waals surface area contributed by atoms with Crippen LogP contribution in [0.5, 0.6) is 11.5 Å². The zero-order valence-electron chi connectivity index (χ0n) is 17.1. The van der Waals surface area contributed by atoms with Gasteiger partial charge in [0.05, 0.1) is 0 Å². The molecule has 0 aliphatic rings. The molecule has 0 saturated carbocycles. The molecular formula is C25H29O2P. The van der Waals surface area contributed by atoms with Gasteiger partial charge >= 0.3 is 0 Å². The molecular weight excluding hydrogens is 363 g/mol. The summed E-state index contributed by atoms with van der Waals surface area (Å²) in [4.78, 5) is 0. The van der Waals surface area contributed by atoms with E-state index in [2.05, 4.69) is 46.1 Å². The van der Waals surface area contributed by atoms with Crippen molar-refractivity contribution in [3.05, 3.63) is 90.0 Å². The fourth-order valence-electron chi connectivity index (χ4n) is 3.18. The number of rotatable bonds is 7. The highest BCUT2D eigenvalue weighted by molar-refractivity contribution is 7.72. The standard InChI is InChI=1S/C25H29O2P/c1-19(2)22-15-9-11-17-24(22)26-28(5,21-13-7-6-8-14-21)27-25-18-12-10-16-23(25)20(3)4/h6-20H,5H2,1-4H3. The Labute approximate surface area is 169 Å². The van der Waals surface area contributed by atoms with Gasteiger partial charge in [0.15, 0.2) is 0 Å². The van der Waals surface area contributed by atoms with Crippen LogP contribution >= 0.6 is 7.34 Å². The molecule has 146 valence electrons. The van der Waals surface area contributed by atoms with E-state index in [0.717, 1.165) is 27.9 Å². The van der Waals surface area contributed by atoms with Crippen molar-refractivity contribution in [2.75, 3.05) is 0 Å². The Morgan fingerprint density at radius 2 is 1.00 bits per heavy atom. The maximum Gasteiger partial charge on any atom is 0.245 e. The van der Waals surface area contributed by atoms with Crippen LogP contribution in [-0.4, -0.2) is 6.30 Å². The van der Waals surface area contributed by atoms with Gasteiger partial charge in [-0.3, -0.25) is 0 Å². The molecule has 0 spiro atoms. The highest BCUT2D eigenvalue weighted by Crippen LogP contribution is 2.49. The summed E-state index contributed by atoms with van der Waals surface area (Å²) in [5.74, 6) is 2.38. The molecule has 0 saturated heterocycles. The van der Waals surface area contributed by atoms with Crippen molar-refractivity contribution < 1.29 is 9.05 Å². The Balaban J connectivity index is 2.07. The average molecular weight is 392 g/mol. The second-order valence-corrected chi connectivity index (χ2v) is 9.80. The second-order valence-electron chi connectivity index (χ2n) is 7.58. The van der Waals surface area contributed by atoms with Crippen molar-refractivity contribution in [2.24, 2.45) is 0 Å². The summed E-state index contributed by atoms with van der Waals surface area (Å²) < 4.78 is 13.2. The van der Waals surface area contributed by atoms with Crippen LogP contribution in [0.1, 0.15) is 50.7 Å². The molecule has 0 unspecified atom stereocenters. The Hall–Kier alpha value is -2.44. The van der Waals surface area contributed by atoms with Gasteiger partial charge in [-0.05, 0) is 53.5 Å². The van der Waals surface area contributed by atoms with Crippen molar-refractivity contribution in [3.8, 4) is 11.5 Å². The summed E-state index contributed by atoms with van der Waals surface area (Å²) in [6.07, 6.45) is 4.50. The van der Waals surface area contributed by atoms with E-state index >= 15 is 0 Å². The molecule has 3 aromatic carbocycles. The zero-order valence-corrected chi connectivity index (χ0v) is 18.0. The minimum absolute atomic E-state index is 0.350. The van der Waals surface area contributed by atoms with Gasteiger partial charge in [0.25, 0.3) is 0 Å². The fraction of sp³-hybridized carbons (Fsp3) is 0.240. The van der Waals surface area contributed by atoms with Gasteiger partial charge in [0.2, 0.25) is 7.34 Å². The summed E-state index contributed by atoms with van der Waals surface area (Å²) in [6, 6.07) is 26.4. The van der Waals surface area contributed by atoms with Crippen LogP contribution < -0.4 is 14.4 Å². The van der Waals surface area contributed by atoms with E-state index in [1.165, 1.54) is 0 Å². The van der Waals surface area contributed by atoms with E-state index in [1.54, 1.807) is 0 Å².